The van der Waals surface area contributed by atoms with Gasteiger partial charge in [0.25, 0.3) is 0 Å². The third-order valence-corrected chi connectivity index (χ3v) is 4.81. The number of rotatable bonds is 4. The van der Waals surface area contributed by atoms with E-state index in [0.29, 0.717) is 10.6 Å². The Morgan fingerprint density at radius 3 is 2.18 bits per heavy atom. The Balaban J connectivity index is 2.41. The van der Waals surface area contributed by atoms with Crippen LogP contribution in [0.3, 0.4) is 0 Å². The van der Waals surface area contributed by atoms with Crippen LogP contribution >= 0.6 is 23.4 Å². The SMILES string of the molecule is CC(=O)SC(C)(C(=O)O)c1ccc(-c2ccccc2Cl)cc1. The summed E-state index contributed by atoms with van der Waals surface area (Å²) in [5.74, 6) is -1.04. The number of aliphatic carboxylic acids is 1. The summed E-state index contributed by atoms with van der Waals surface area (Å²) in [5, 5.41) is 9.87. The van der Waals surface area contributed by atoms with Crippen molar-refractivity contribution in [3.8, 4) is 11.1 Å². The first-order valence-electron chi connectivity index (χ1n) is 6.63. The minimum absolute atomic E-state index is 0.236. The van der Waals surface area contributed by atoms with E-state index < -0.39 is 10.7 Å². The Kier molecular flexibility index (Phi) is 4.94. The predicted molar refractivity (Wildman–Crippen MR) is 90.1 cm³/mol. The molecule has 0 radical (unpaired) electrons. The molecule has 22 heavy (non-hydrogen) atoms. The van der Waals surface area contributed by atoms with E-state index >= 15 is 0 Å². The van der Waals surface area contributed by atoms with Gasteiger partial charge >= 0.3 is 5.97 Å². The molecule has 2 aromatic rings. The van der Waals surface area contributed by atoms with E-state index in [9.17, 15) is 14.7 Å². The van der Waals surface area contributed by atoms with E-state index in [0.717, 1.165) is 22.9 Å². The lowest BCUT2D eigenvalue weighted by Gasteiger charge is -2.23. The Morgan fingerprint density at radius 2 is 1.68 bits per heavy atom. The summed E-state index contributed by atoms with van der Waals surface area (Å²) < 4.78 is -1.30. The number of thioether (sulfide) groups is 1. The van der Waals surface area contributed by atoms with E-state index in [1.165, 1.54) is 13.8 Å². The zero-order valence-corrected chi connectivity index (χ0v) is 13.7. The van der Waals surface area contributed by atoms with Crippen LogP contribution in [-0.2, 0) is 14.3 Å². The fourth-order valence-electron chi connectivity index (χ4n) is 2.18. The van der Waals surface area contributed by atoms with Gasteiger partial charge in [-0.2, -0.15) is 0 Å². The van der Waals surface area contributed by atoms with Gasteiger partial charge in [0, 0.05) is 17.5 Å². The monoisotopic (exact) mass is 334 g/mol. The molecule has 1 unspecified atom stereocenters. The van der Waals surface area contributed by atoms with Gasteiger partial charge in [0.05, 0.1) is 0 Å². The van der Waals surface area contributed by atoms with Crippen molar-refractivity contribution in [3.05, 3.63) is 59.1 Å². The zero-order chi connectivity index (χ0) is 16.3. The summed E-state index contributed by atoms with van der Waals surface area (Å²) >= 11 is 6.97. The summed E-state index contributed by atoms with van der Waals surface area (Å²) in [6.45, 7) is 2.90. The molecule has 1 N–H and O–H groups in total. The fraction of sp³-hybridized carbons (Fsp3) is 0.176. The first-order chi connectivity index (χ1) is 10.3. The summed E-state index contributed by atoms with van der Waals surface area (Å²) in [5.41, 5.74) is 2.35. The Bertz CT molecular complexity index is 712. The number of hydrogen-bond acceptors (Lipinski definition) is 3. The third-order valence-electron chi connectivity index (χ3n) is 3.38. The van der Waals surface area contributed by atoms with Gasteiger partial charge in [0.2, 0.25) is 0 Å². The highest BCUT2D eigenvalue weighted by Crippen LogP contribution is 2.38. The van der Waals surface area contributed by atoms with Crippen LogP contribution in [0.15, 0.2) is 48.5 Å². The number of benzene rings is 2. The van der Waals surface area contributed by atoms with Crippen molar-refractivity contribution in [1.29, 1.82) is 0 Å². The number of hydrogen-bond donors (Lipinski definition) is 1. The second kappa shape index (κ2) is 6.55. The van der Waals surface area contributed by atoms with Crippen LogP contribution in [0, 0.1) is 0 Å². The molecule has 0 bridgehead atoms. The van der Waals surface area contributed by atoms with E-state index in [-0.39, 0.29) is 5.12 Å². The maximum atomic E-state index is 11.6. The second-order valence-electron chi connectivity index (χ2n) is 4.99. The first-order valence-corrected chi connectivity index (χ1v) is 7.82. The van der Waals surface area contributed by atoms with Gasteiger partial charge in [-0.1, -0.05) is 65.8 Å². The standard InChI is InChI=1S/C17H15ClO3S/c1-11(19)22-17(2,16(20)21)13-9-7-12(8-10-13)14-5-3-4-6-15(14)18/h3-10H,1-2H3,(H,20,21). The normalized spacial score (nSPS) is 13.4. The van der Waals surface area contributed by atoms with Gasteiger partial charge in [0.1, 0.15) is 4.75 Å². The lowest BCUT2D eigenvalue weighted by molar-refractivity contribution is -0.139. The van der Waals surface area contributed by atoms with Crippen molar-refractivity contribution in [2.45, 2.75) is 18.6 Å². The molecular weight excluding hydrogens is 320 g/mol. The van der Waals surface area contributed by atoms with Gasteiger partial charge in [-0.25, -0.2) is 0 Å². The Labute approximate surface area is 138 Å². The largest absolute Gasteiger partial charge is 0.480 e. The molecule has 1 atom stereocenters. The first kappa shape index (κ1) is 16.6. The van der Waals surface area contributed by atoms with E-state index in [1.54, 1.807) is 18.2 Å². The molecule has 0 aliphatic rings. The topological polar surface area (TPSA) is 54.4 Å². The van der Waals surface area contributed by atoms with Crippen molar-refractivity contribution >= 4 is 34.4 Å². The molecule has 0 aliphatic carbocycles. The van der Waals surface area contributed by atoms with Crippen LogP contribution in [0.25, 0.3) is 11.1 Å². The molecule has 114 valence electrons. The quantitative estimate of drug-likeness (QED) is 0.888. The van der Waals surface area contributed by atoms with Crippen molar-refractivity contribution in [3.63, 3.8) is 0 Å². The zero-order valence-electron chi connectivity index (χ0n) is 12.2. The molecule has 2 rings (SSSR count). The molecule has 0 spiro atoms. The van der Waals surface area contributed by atoms with Gasteiger partial charge in [-0.05, 0) is 24.1 Å². The summed E-state index contributed by atoms with van der Waals surface area (Å²) in [4.78, 5) is 22.9. The maximum absolute atomic E-state index is 11.6. The average molecular weight is 335 g/mol. The van der Waals surface area contributed by atoms with Crippen molar-refractivity contribution in [2.24, 2.45) is 0 Å². The fourth-order valence-corrected chi connectivity index (χ4v) is 3.34. The molecule has 0 heterocycles. The van der Waals surface area contributed by atoms with Gasteiger partial charge in [-0.3, -0.25) is 9.59 Å². The van der Waals surface area contributed by atoms with Crippen molar-refractivity contribution < 1.29 is 14.7 Å². The lowest BCUT2D eigenvalue weighted by Crippen LogP contribution is -2.29. The molecule has 0 aliphatic heterocycles. The molecule has 0 aromatic heterocycles. The smallest absolute Gasteiger partial charge is 0.324 e. The van der Waals surface area contributed by atoms with Gasteiger partial charge in [0.15, 0.2) is 5.12 Å². The summed E-state index contributed by atoms with van der Waals surface area (Å²) in [6, 6.07) is 14.5. The van der Waals surface area contributed by atoms with Crippen LogP contribution in [0.4, 0.5) is 0 Å². The van der Waals surface area contributed by atoms with Crippen LogP contribution in [0.5, 0.6) is 0 Å². The van der Waals surface area contributed by atoms with E-state index in [2.05, 4.69) is 0 Å². The number of carbonyl (C=O) groups excluding carboxylic acids is 1. The van der Waals surface area contributed by atoms with E-state index in [1.807, 2.05) is 30.3 Å². The molecule has 0 saturated carbocycles. The van der Waals surface area contributed by atoms with Crippen LogP contribution in [0.2, 0.25) is 5.02 Å². The summed E-state index contributed by atoms with van der Waals surface area (Å²) in [7, 11) is 0. The minimum Gasteiger partial charge on any atom is -0.480 e. The van der Waals surface area contributed by atoms with Gasteiger partial charge < -0.3 is 5.11 Å². The highest BCUT2D eigenvalue weighted by molar-refractivity contribution is 8.14. The van der Waals surface area contributed by atoms with Crippen LogP contribution in [-0.4, -0.2) is 16.2 Å². The minimum atomic E-state index is -1.30. The number of halogens is 1. The molecule has 3 nitrogen and oxygen atoms in total. The van der Waals surface area contributed by atoms with Crippen LogP contribution < -0.4 is 0 Å². The molecular formula is C17H15ClO3S. The molecule has 0 saturated heterocycles. The predicted octanol–water partition coefficient (Wildman–Crippen LogP) is 4.59. The number of carboxylic acid groups (broad SMARTS) is 1. The summed E-state index contributed by atoms with van der Waals surface area (Å²) in [6.07, 6.45) is 0. The molecule has 2 aromatic carbocycles. The highest BCUT2D eigenvalue weighted by atomic mass is 35.5. The Morgan fingerprint density at radius 1 is 1.09 bits per heavy atom. The molecule has 5 heteroatoms. The Hall–Kier alpha value is -1.78. The maximum Gasteiger partial charge on any atom is 0.324 e. The number of carbonyl (C=O) groups is 2. The average Bonchev–Trinajstić information content (AvgIpc) is 2.47. The molecule has 0 fully saturated rings. The highest BCUT2D eigenvalue weighted by Gasteiger charge is 2.37. The second-order valence-corrected chi connectivity index (χ2v) is 6.99. The molecule has 0 amide bonds. The van der Waals surface area contributed by atoms with Gasteiger partial charge in [-0.15, -0.1) is 0 Å². The van der Waals surface area contributed by atoms with Crippen molar-refractivity contribution in [2.75, 3.05) is 0 Å². The lowest BCUT2D eigenvalue weighted by atomic mass is 9.97. The van der Waals surface area contributed by atoms with Crippen molar-refractivity contribution in [1.82, 2.24) is 0 Å². The van der Waals surface area contributed by atoms with E-state index in [4.69, 9.17) is 11.6 Å². The third kappa shape index (κ3) is 3.34. The van der Waals surface area contributed by atoms with Crippen LogP contribution in [0.1, 0.15) is 19.4 Å². The number of carboxylic acids is 1.